The van der Waals surface area contributed by atoms with Crippen molar-refractivity contribution in [1.29, 1.82) is 0 Å². The molecule has 0 amide bonds. The SMILES string of the molecule is O=C(/C(=N/Nc1nc2ccccc2[nH]1)c1ccccc1)c1ccccc1. The van der Waals surface area contributed by atoms with Crippen molar-refractivity contribution < 1.29 is 4.79 Å². The van der Waals surface area contributed by atoms with E-state index in [1.54, 1.807) is 12.1 Å². The van der Waals surface area contributed by atoms with Crippen LogP contribution in [0.5, 0.6) is 0 Å². The number of Topliss-reactive ketones (excluding diaryl/α,β-unsaturated/α-hetero) is 1. The number of nitrogens with zero attached hydrogens (tertiary/aromatic N) is 2. The topological polar surface area (TPSA) is 70.1 Å². The molecule has 0 bridgehead atoms. The molecular weight excluding hydrogens is 324 g/mol. The lowest BCUT2D eigenvalue weighted by molar-refractivity contribution is 0.106. The lowest BCUT2D eigenvalue weighted by Crippen LogP contribution is -2.17. The Hall–Kier alpha value is -3.73. The molecular formula is C21H16N4O. The molecule has 0 aliphatic rings. The number of aromatic amines is 1. The first kappa shape index (κ1) is 15.8. The van der Waals surface area contributed by atoms with Crippen LogP contribution in [-0.4, -0.2) is 21.5 Å². The molecule has 0 aliphatic carbocycles. The number of rotatable bonds is 5. The third kappa shape index (κ3) is 3.23. The van der Waals surface area contributed by atoms with Crippen LogP contribution in [0.25, 0.3) is 11.0 Å². The van der Waals surface area contributed by atoms with Crippen LogP contribution in [0.3, 0.4) is 0 Å². The van der Waals surface area contributed by atoms with Gasteiger partial charge in [-0.2, -0.15) is 5.10 Å². The molecule has 0 fully saturated rings. The highest BCUT2D eigenvalue weighted by molar-refractivity contribution is 6.51. The number of imidazole rings is 1. The van der Waals surface area contributed by atoms with E-state index in [1.165, 1.54) is 0 Å². The predicted molar refractivity (Wildman–Crippen MR) is 103 cm³/mol. The lowest BCUT2D eigenvalue weighted by atomic mass is 10.0. The standard InChI is InChI=1S/C21H16N4O/c26-20(16-11-5-2-6-12-16)19(15-9-3-1-4-10-15)24-25-21-22-17-13-7-8-14-18(17)23-21/h1-14H,(H2,22,23,25)/b24-19+. The Morgan fingerprint density at radius 1 is 0.808 bits per heavy atom. The molecule has 4 rings (SSSR count). The van der Waals surface area contributed by atoms with E-state index in [1.807, 2.05) is 72.8 Å². The molecule has 3 aromatic carbocycles. The average molecular weight is 340 g/mol. The van der Waals surface area contributed by atoms with Crippen LogP contribution in [0.2, 0.25) is 0 Å². The first-order chi connectivity index (χ1) is 12.8. The van der Waals surface area contributed by atoms with Gasteiger partial charge in [0.15, 0.2) is 0 Å². The van der Waals surface area contributed by atoms with Gasteiger partial charge < -0.3 is 4.98 Å². The zero-order chi connectivity index (χ0) is 17.8. The fourth-order valence-corrected chi connectivity index (χ4v) is 2.68. The predicted octanol–water partition coefficient (Wildman–Crippen LogP) is 4.26. The number of hydrogen-bond donors (Lipinski definition) is 2. The second kappa shape index (κ2) is 7.03. The van der Waals surface area contributed by atoms with Gasteiger partial charge >= 0.3 is 0 Å². The number of hydrogen-bond acceptors (Lipinski definition) is 4. The number of carbonyl (C=O) groups is 1. The summed E-state index contributed by atoms with van der Waals surface area (Å²) in [5.74, 6) is 0.334. The van der Waals surface area contributed by atoms with Gasteiger partial charge in [0.2, 0.25) is 11.7 Å². The van der Waals surface area contributed by atoms with Gasteiger partial charge in [-0.05, 0) is 12.1 Å². The maximum atomic E-state index is 12.9. The van der Waals surface area contributed by atoms with E-state index in [0.29, 0.717) is 17.2 Å². The number of carbonyl (C=O) groups excluding carboxylic acids is 1. The minimum atomic E-state index is -0.152. The molecule has 1 aromatic heterocycles. The zero-order valence-electron chi connectivity index (χ0n) is 13.9. The number of ketones is 1. The summed E-state index contributed by atoms with van der Waals surface area (Å²) in [6.45, 7) is 0. The van der Waals surface area contributed by atoms with Crippen molar-refractivity contribution in [3.8, 4) is 0 Å². The molecule has 2 N–H and O–H groups in total. The lowest BCUT2D eigenvalue weighted by Gasteiger charge is -2.06. The quantitative estimate of drug-likeness (QED) is 0.324. The van der Waals surface area contributed by atoms with Crippen molar-refractivity contribution >= 4 is 28.5 Å². The largest absolute Gasteiger partial charge is 0.323 e. The van der Waals surface area contributed by atoms with Gasteiger partial charge in [-0.15, -0.1) is 0 Å². The van der Waals surface area contributed by atoms with Crippen molar-refractivity contribution in [3.05, 3.63) is 96.1 Å². The summed E-state index contributed by atoms with van der Waals surface area (Å²) >= 11 is 0. The molecule has 0 saturated carbocycles. The molecule has 4 aromatic rings. The van der Waals surface area contributed by atoms with E-state index in [4.69, 9.17) is 0 Å². The van der Waals surface area contributed by atoms with Gasteiger partial charge in [0.05, 0.1) is 11.0 Å². The first-order valence-electron chi connectivity index (χ1n) is 8.25. The Bertz CT molecular complexity index is 1040. The van der Waals surface area contributed by atoms with Crippen molar-refractivity contribution in [1.82, 2.24) is 9.97 Å². The second-order valence-corrected chi connectivity index (χ2v) is 5.74. The van der Waals surface area contributed by atoms with Gasteiger partial charge in [-0.1, -0.05) is 72.8 Å². The van der Waals surface area contributed by atoms with Crippen LogP contribution in [-0.2, 0) is 0 Å². The number of nitrogens with one attached hydrogen (secondary N) is 2. The Labute approximate surface area is 150 Å². The van der Waals surface area contributed by atoms with Crippen LogP contribution >= 0.6 is 0 Å². The van der Waals surface area contributed by atoms with Gasteiger partial charge in [0, 0.05) is 11.1 Å². The number of benzene rings is 3. The number of anilines is 1. The molecule has 0 spiro atoms. The molecule has 0 radical (unpaired) electrons. The first-order valence-corrected chi connectivity index (χ1v) is 8.25. The van der Waals surface area contributed by atoms with E-state index >= 15 is 0 Å². The Balaban J connectivity index is 1.70. The molecule has 126 valence electrons. The highest BCUT2D eigenvalue weighted by atomic mass is 16.1. The van der Waals surface area contributed by atoms with Gasteiger partial charge in [0.25, 0.3) is 0 Å². The van der Waals surface area contributed by atoms with E-state index in [2.05, 4.69) is 20.5 Å². The highest BCUT2D eigenvalue weighted by Gasteiger charge is 2.16. The van der Waals surface area contributed by atoms with Crippen molar-refractivity contribution in [2.45, 2.75) is 0 Å². The summed E-state index contributed by atoms with van der Waals surface area (Å²) in [4.78, 5) is 20.5. The molecule has 0 atom stereocenters. The average Bonchev–Trinajstić information content (AvgIpc) is 3.12. The maximum Gasteiger partial charge on any atom is 0.222 e. The van der Waals surface area contributed by atoms with E-state index < -0.39 is 0 Å². The molecule has 0 saturated heterocycles. The molecule has 5 nitrogen and oxygen atoms in total. The summed E-state index contributed by atoms with van der Waals surface area (Å²) in [5.41, 5.74) is 6.28. The summed E-state index contributed by atoms with van der Waals surface area (Å²) in [5, 5.41) is 4.36. The Morgan fingerprint density at radius 2 is 1.42 bits per heavy atom. The molecule has 0 aliphatic heterocycles. The molecule has 1 heterocycles. The van der Waals surface area contributed by atoms with E-state index in [9.17, 15) is 4.79 Å². The van der Waals surface area contributed by atoms with Crippen LogP contribution in [0.1, 0.15) is 15.9 Å². The van der Waals surface area contributed by atoms with E-state index in [-0.39, 0.29) is 5.78 Å². The fraction of sp³-hybridized carbons (Fsp3) is 0. The normalized spacial score (nSPS) is 11.5. The number of hydrazone groups is 1. The van der Waals surface area contributed by atoms with Crippen LogP contribution in [0, 0.1) is 0 Å². The van der Waals surface area contributed by atoms with Crippen LogP contribution in [0.15, 0.2) is 90.0 Å². The molecule has 5 heteroatoms. The fourth-order valence-electron chi connectivity index (χ4n) is 2.68. The number of H-pyrrole nitrogens is 1. The number of para-hydroxylation sites is 2. The highest BCUT2D eigenvalue weighted by Crippen LogP contribution is 2.14. The second-order valence-electron chi connectivity index (χ2n) is 5.74. The summed E-state index contributed by atoms with van der Waals surface area (Å²) in [6, 6.07) is 26.2. The minimum Gasteiger partial charge on any atom is -0.323 e. The third-order valence-corrected chi connectivity index (χ3v) is 3.96. The smallest absolute Gasteiger partial charge is 0.222 e. The third-order valence-electron chi connectivity index (χ3n) is 3.96. The Morgan fingerprint density at radius 3 is 2.12 bits per heavy atom. The summed E-state index contributed by atoms with van der Waals surface area (Å²) in [6.07, 6.45) is 0. The molecule has 0 unspecified atom stereocenters. The van der Waals surface area contributed by atoms with Crippen LogP contribution in [0.4, 0.5) is 5.95 Å². The zero-order valence-corrected chi connectivity index (χ0v) is 13.9. The summed E-state index contributed by atoms with van der Waals surface area (Å²) in [7, 11) is 0. The van der Waals surface area contributed by atoms with E-state index in [0.717, 1.165) is 16.6 Å². The Kier molecular flexibility index (Phi) is 4.26. The number of aromatic nitrogens is 2. The van der Waals surface area contributed by atoms with Gasteiger partial charge in [-0.25, -0.2) is 10.4 Å². The number of fused-ring (bicyclic) bond motifs is 1. The minimum absolute atomic E-state index is 0.152. The van der Waals surface area contributed by atoms with Crippen molar-refractivity contribution in [2.75, 3.05) is 5.43 Å². The maximum absolute atomic E-state index is 12.9. The van der Waals surface area contributed by atoms with Crippen LogP contribution < -0.4 is 5.43 Å². The van der Waals surface area contributed by atoms with Gasteiger partial charge in [-0.3, -0.25) is 4.79 Å². The van der Waals surface area contributed by atoms with Gasteiger partial charge in [0.1, 0.15) is 5.71 Å². The molecule has 26 heavy (non-hydrogen) atoms. The van der Waals surface area contributed by atoms with Crippen molar-refractivity contribution in [2.24, 2.45) is 5.10 Å². The summed E-state index contributed by atoms with van der Waals surface area (Å²) < 4.78 is 0. The monoisotopic (exact) mass is 340 g/mol. The van der Waals surface area contributed by atoms with Crippen molar-refractivity contribution in [3.63, 3.8) is 0 Å².